The summed E-state index contributed by atoms with van der Waals surface area (Å²) in [4.78, 5) is 31.8. The lowest BCUT2D eigenvalue weighted by molar-refractivity contribution is -0.127. The van der Waals surface area contributed by atoms with Crippen molar-refractivity contribution >= 4 is 22.9 Å². The van der Waals surface area contributed by atoms with Crippen LogP contribution in [-0.4, -0.2) is 54.5 Å². The molecule has 7 heteroatoms. The maximum Gasteiger partial charge on any atom is 0.254 e. The van der Waals surface area contributed by atoms with E-state index in [0.29, 0.717) is 55.1 Å². The van der Waals surface area contributed by atoms with Gasteiger partial charge < -0.3 is 19.4 Å². The molecule has 0 unspecified atom stereocenters. The van der Waals surface area contributed by atoms with Crippen LogP contribution < -0.4 is 5.32 Å². The van der Waals surface area contributed by atoms with Crippen LogP contribution in [0.2, 0.25) is 0 Å². The van der Waals surface area contributed by atoms with Gasteiger partial charge in [0.1, 0.15) is 11.6 Å². The number of hydrogen-bond donors (Lipinski definition) is 1. The summed E-state index contributed by atoms with van der Waals surface area (Å²) >= 11 is 0. The molecule has 0 aliphatic carbocycles. The van der Waals surface area contributed by atoms with Crippen LogP contribution in [0, 0.1) is 0 Å². The molecule has 2 aromatic carbocycles. The number of amides is 2. The highest BCUT2D eigenvalue weighted by molar-refractivity contribution is 6.00. The van der Waals surface area contributed by atoms with Gasteiger partial charge in [-0.05, 0) is 23.8 Å². The molecule has 0 radical (unpaired) electrons. The van der Waals surface area contributed by atoms with Gasteiger partial charge in [-0.1, -0.05) is 30.3 Å². The first-order valence-electron chi connectivity index (χ1n) is 9.66. The Hall–Kier alpha value is -3.19. The van der Waals surface area contributed by atoms with Crippen LogP contribution in [0.25, 0.3) is 11.1 Å². The second-order valence-electron chi connectivity index (χ2n) is 7.03. The van der Waals surface area contributed by atoms with Crippen molar-refractivity contribution in [2.45, 2.75) is 18.9 Å². The normalized spacial score (nSPS) is 16.8. The fourth-order valence-electron chi connectivity index (χ4n) is 3.57. The van der Waals surface area contributed by atoms with E-state index in [1.807, 2.05) is 30.3 Å². The second-order valence-corrected chi connectivity index (χ2v) is 7.03. The fourth-order valence-corrected chi connectivity index (χ4v) is 3.57. The van der Waals surface area contributed by atoms with Crippen LogP contribution in [-0.2, 0) is 22.4 Å². The molecule has 1 N–H and O–H groups in total. The molecule has 1 saturated heterocycles. The standard InChI is InChI=1S/C22H23N3O4/c1-28-12-9-20-24-17-8-7-16(14-19(17)29-20)22(27)25-11-10-23-21(26)18(25)13-15-5-3-2-4-6-15/h2-8,14,18H,9-13H2,1H3,(H,23,26)/t18-/m1/s1. The Bertz CT molecular complexity index is 1020. The van der Waals surface area contributed by atoms with Crippen LogP contribution in [0.5, 0.6) is 0 Å². The summed E-state index contributed by atoms with van der Waals surface area (Å²) < 4.78 is 10.8. The summed E-state index contributed by atoms with van der Waals surface area (Å²) in [7, 11) is 1.63. The lowest BCUT2D eigenvalue weighted by Crippen LogP contribution is -2.58. The average molecular weight is 393 g/mol. The minimum absolute atomic E-state index is 0.129. The molecule has 1 fully saturated rings. The number of aromatic nitrogens is 1. The molecule has 7 nitrogen and oxygen atoms in total. The lowest BCUT2D eigenvalue weighted by Gasteiger charge is -2.35. The van der Waals surface area contributed by atoms with Gasteiger partial charge in [0.2, 0.25) is 5.91 Å². The Balaban J connectivity index is 1.58. The maximum atomic E-state index is 13.2. The van der Waals surface area contributed by atoms with Crippen molar-refractivity contribution in [2.75, 3.05) is 26.8 Å². The van der Waals surface area contributed by atoms with Gasteiger partial charge in [0.15, 0.2) is 11.5 Å². The van der Waals surface area contributed by atoms with Crippen molar-refractivity contribution in [3.05, 3.63) is 65.5 Å². The highest BCUT2D eigenvalue weighted by atomic mass is 16.5. The van der Waals surface area contributed by atoms with Gasteiger partial charge in [0.25, 0.3) is 5.91 Å². The Labute approximate surface area is 168 Å². The number of methoxy groups -OCH3 is 1. The van der Waals surface area contributed by atoms with E-state index in [4.69, 9.17) is 9.15 Å². The highest BCUT2D eigenvalue weighted by Crippen LogP contribution is 2.21. The molecule has 2 heterocycles. The average Bonchev–Trinajstić information content (AvgIpc) is 3.16. The number of carbonyl (C=O) groups is 2. The summed E-state index contributed by atoms with van der Waals surface area (Å²) in [6.07, 6.45) is 1.05. The van der Waals surface area contributed by atoms with Gasteiger partial charge in [0.05, 0.1) is 6.61 Å². The quantitative estimate of drug-likeness (QED) is 0.694. The van der Waals surface area contributed by atoms with Gasteiger partial charge in [-0.2, -0.15) is 0 Å². The fraction of sp³-hybridized carbons (Fsp3) is 0.318. The SMILES string of the molecule is COCCc1nc2ccc(C(=O)N3CCNC(=O)[C@H]3Cc3ccccc3)cc2o1. The smallest absolute Gasteiger partial charge is 0.254 e. The summed E-state index contributed by atoms with van der Waals surface area (Å²) in [6.45, 7) is 1.43. The summed E-state index contributed by atoms with van der Waals surface area (Å²) in [5.74, 6) is 0.263. The zero-order valence-electron chi connectivity index (χ0n) is 16.3. The molecule has 3 aromatic rings. The number of oxazole rings is 1. The molecule has 1 aromatic heterocycles. The largest absolute Gasteiger partial charge is 0.441 e. The number of nitrogens with zero attached hydrogens (tertiary/aromatic N) is 2. The van der Waals surface area contributed by atoms with Crippen LogP contribution in [0.15, 0.2) is 52.9 Å². The van der Waals surface area contributed by atoms with Crippen LogP contribution in [0.4, 0.5) is 0 Å². The van der Waals surface area contributed by atoms with Crippen molar-refractivity contribution < 1.29 is 18.7 Å². The van der Waals surface area contributed by atoms with Crippen molar-refractivity contribution in [1.29, 1.82) is 0 Å². The Morgan fingerprint density at radius 1 is 1.28 bits per heavy atom. The van der Waals surface area contributed by atoms with E-state index in [-0.39, 0.29) is 11.8 Å². The molecule has 0 spiro atoms. The van der Waals surface area contributed by atoms with E-state index < -0.39 is 6.04 Å². The van der Waals surface area contributed by atoms with E-state index in [1.54, 1.807) is 30.2 Å². The minimum Gasteiger partial charge on any atom is -0.441 e. The van der Waals surface area contributed by atoms with Gasteiger partial charge in [-0.25, -0.2) is 4.98 Å². The molecular weight excluding hydrogens is 370 g/mol. The Morgan fingerprint density at radius 2 is 2.10 bits per heavy atom. The first-order valence-corrected chi connectivity index (χ1v) is 9.66. The third-order valence-corrected chi connectivity index (χ3v) is 5.06. The lowest BCUT2D eigenvalue weighted by atomic mass is 10.0. The zero-order chi connectivity index (χ0) is 20.2. The molecule has 29 heavy (non-hydrogen) atoms. The molecular formula is C22H23N3O4. The van der Waals surface area contributed by atoms with E-state index in [2.05, 4.69) is 10.3 Å². The third-order valence-electron chi connectivity index (χ3n) is 5.06. The van der Waals surface area contributed by atoms with E-state index in [0.717, 1.165) is 5.56 Å². The van der Waals surface area contributed by atoms with Crippen molar-refractivity contribution in [2.24, 2.45) is 0 Å². The van der Waals surface area contributed by atoms with Crippen LogP contribution in [0.1, 0.15) is 21.8 Å². The molecule has 0 bridgehead atoms. The second kappa shape index (κ2) is 8.45. The number of fused-ring (bicyclic) bond motifs is 1. The Kier molecular flexibility index (Phi) is 5.57. The van der Waals surface area contributed by atoms with E-state index >= 15 is 0 Å². The third kappa shape index (κ3) is 4.14. The number of carbonyl (C=O) groups excluding carboxylic acids is 2. The van der Waals surface area contributed by atoms with Crippen LogP contribution >= 0.6 is 0 Å². The van der Waals surface area contributed by atoms with Gasteiger partial charge >= 0.3 is 0 Å². The molecule has 150 valence electrons. The molecule has 4 rings (SSSR count). The summed E-state index contributed by atoms with van der Waals surface area (Å²) in [5, 5.41) is 2.87. The summed E-state index contributed by atoms with van der Waals surface area (Å²) in [5.41, 5.74) is 2.76. The first kappa shape index (κ1) is 19.1. The number of piperazine rings is 1. The van der Waals surface area contributed by atoms with Crippen molar-refractivity contribution in [3.63, 3.8) is 0 Å². The highest BCUT2D eigenvalue weighted by Gasteiger charge is 2.33. The molecule has 2 amide bonds. The Morgan fingerprint density at radius 3 is 2.90 bits per heavy atom. The zero-order valence-corrected chi connectivity index (χ0v) is 16.3. The van der Waals surface area contributed by atoms with Gasteiger partial charge in [-0.15, -0.1) is 0 Å². The predicted octanol–water partition coefficient (Wildman–Crippen LogP) is 2.20. The van der Waals surface area contributed by atoms with E-state index in [1.165, 1.54) is 0 Å². The number of benzene rings is 2. The number of rotatable bonds is 6. The molecule has 1 aliphatic rings. The monoisotopic (exact) mass is 393 g/mol. The summed E-state index contributed by atoms with van der Waals surface area (Å²) in [6, 6.07) is 14.4. The number of ether oxygens (including phenoxy) is 1. The van der Waals surface area contributed by atoms with Gasteiger partial charge in [0, 0.05) is 38.6 Å². The maximum absolute atomic E-state index is 13.2. The minimum atomic E-state index is -0.540. The van der Waals surface area contributed by atoms with Gasteiger partial charge in [-0.3, -0.25) is 9.59 Å². The predicted molar refractivity (Wildman–Crippen MR) is 108 cm³/mol. The topological polar surface area (TPSA) is 84.7 Å². The van der Waals surface area contributed by atoms with Crippen molar-refractivity contribution in [1.82, 2.24) is 15.2 Å². The number of nitrogens with one attached hydrogen (secondary N) is 1. The number of hydrogen-bond acceptors (Lipinski definition) is 5. The molecule has 1 aliphatic heterocycles. The molecule has 0 saturated carbocycles. The molecule has 1 atom stereocenters. The first-order chi connectivity index (χ1) is 14.2. The van der Waals surface area contributed by atoms with Crippen LogP contribution in [0.3, 0.4) is 0 Å². The van der Waals surface area contributed by atoms with E-state index in [9.17, 15) is 9.59 Å². The van der Waals surface area contributed by atoms with Crippen molar-refractivity contribution in [3.8, 4) is 0 Å².